The average Bonchev–Trinajstić information content (AvgIpc) is 3.39. The molecule has 0 N–H and O–H groups in total. The van der Waals surface area contributed by atoms with Gasteiger partial charge >= 0.3 is 0 Å². The van der Waals surface area contributed by atoms with Crippen molar-refractivity contribution in [3.8, 4) is 11.3 Å². The highest BCUT2D eigenvalue weighted by molar-refractivity contribution is 5.95. The highest BCUT2D eigenvalue weighted by Crippen LogP contribution is 2.29. The summed E-state index contributed by atoms with van der Waals surface area (Å²) >= 11 is 0. The third kappa shape index (κ3) is 4.10. The molecule has 2 fully saturated rings. The summed E-state index contributed by atoms with van der Waals surface area (Å²) in [6.07, 6.45) is 5.88. The number of anilines is 2. The third-order valence-electron chi connectivity index (χ3n) is 6.18. The zero-order valence-corrected chi connectivity index (χ0v) is 17.7. The van der Waals surface area contributed by atoms with E-state index < -0.39 is 0 Å². The maximum Gasteiger partial charge on any atom is 0.253 e. The minimum Gasteiger partial charge on any atom is -0.368 e. The third-order valence-corrected chi connectivity index (χ3v) is 6.18. The highest BCUT2D eigenvalue weighted by Gasteiger charge is 2.23. The van der Waals surface area contributed by atoms with Gasteiger partial charge in [0.15, 0.2) is 5.82 Å². The Morgan fingerprint density at radius 3 is 2.10 bits per heavy atom. The lowest BCUT2D eigenvalue weighted by Crippen LogP contribution is -2.48. The molecule has 1 aromatic heterocycles. The van der Waals surface area contributed by atoms with Crippen molar-refractivity contribution in [2.45, 2.75) is 12.8 Å². The quantitative estimate of drug-likeness (QED) is 0.653. The van der Waals surface area contributed by atoms with Gasteiger partial charge in [-0.25, -0.2) is 4.98 Å². The van der Waals surface area contributed by atoms with Crippen LogP contribution in [0.1, 0.15) is 23.2 Å². The molecule has 0 radical (unpaired) electrons. The number of amides is 1. The van der Waals surface area contributed by atoms with Gasteiger partial charge in [0.05, 0.1) is 0 Å². The van der Waals surface area contributed by atoms with Crippen LogP contribution in [0.15, 0.2) is 67.0 Å². The molecular formula is C25H27N5O. The molecule has 1 amide bonds. The zero-order chi connectivity index (χ0) is 21.0. The number of rotatable bonds is 4. The van der Waals surface area contributed by atoms with Gasteiger partial charge in [0.2, 0.25) is 0 Å². The van der Waals surface area contributed by atoms with E-state index in [-0.39, 0.29) is 5.91 Å². The number of aromatic nitrogens is 2. The van der Waals surface area contributed by atoms with E-state index in [4.69, 9.17) is 0 Å². The van der Waals surface area contributed by atoms with Crippen LogP contribution in [0.5, 0.6) is 0 Å². The normalized spacial score (nSPS) is 16.6. The summed E-state index contributed by atoms with van der Waals surface area (Å²) in [5, 5.41) is 0. The summed E-state index contributed by atoms with van der Waals surface area (Å²) in [6.45, 7) is 5.23. The van der Waals surface area contributed by atoms with Gasteiger partial charge in [-0.1, -0.05) is 30.3 Å². The van der Waals surface area contributed by atoms with Crippen LogP contribution in [0.3, 0.4) is 0 Å². The zero-order valence-electron chi connectivity index (χ0n) is 17.7. The summed E-state index contributed by atoms with van der Waals surface area (Å²) in [5.41, 5.74) is 3.83. The lowest BCUT2D eigenvalue weighted by Gasteiger charge is -2.36. The van der Waals surface area contributed by atoms with Crippen LogP contribution in [-0.4, -0.2) is 60.0 Å². The molecule has 3 heterocycles. The van der Waals surface area contributed by atoms with E-state index in [1.54, 1.807) is 12.4 Å². The molecule has 31 heavy (non-hydrogen) atoms. The van der Waals surface area contributed by atoms with Gasteiger partial charge in [0, 0.05) is 68.5 Å². The van der Waals surface area contributed by atoms with Crippen molar-refractivity contribution in [1.29, 1.82) is 0 Å². The van der Waals surface area contributed by atoms with Crippen LogP contribution in [-0.2, 0) is 0 Å². The molecule has 0 saturated carbocycles. The lowest BCUT2D eigenvalue weighted by molar-refractivity contribution is 0.0747. The largest absolute Gasteiger partial charge is 0.368 e. The first-order valence-electron chi connectivity index (χ1n) is 11.1. The Labute approximate surface area is 183 Å². The molecule has 0 atom stereocenters. The first kappa shape index (κ1) is 19.5. The van der Waals surface area contributed by atoms with Crippen molar-refractivity contribution >= 4 is 17.4 Å². The maximum absolute atomic E-state index is 13.0. The summed E-state index contributed by atoms with van der Waals surface area (Å²) < 4.78 is 0. The minimum atomic E-state index is 0.0955. The summed E-state index contributed by atoms with van der Waals surface area (Å²) in [7, 11) is 0. The Balaban J connectivity index is 1.27. The van der Waals surface area contributed by atoms with Crippen LogP contribution in [0.2, 0.25) is 0 Å². The molecule has 158 valence electrons. The van der Waals surface area contributed by atoms with Crippen molar-refractivity contribution in [3.05, 3.63) is 72.6 Å². The molecule has 2 saturated heterocycles. The maximum atomic E-state index is 13.0. The summed E-state index contributed by atoms with van der Waals surface area (Å²) in [4.78, 5) is 28.8. The second-order valence-electron chi connectivity index (χ2n) is 8.11. The van der Waals surface area contributed by atoms with Crippen molar-refractivity contribution < 1.29 is 4.79 Å². The van der Waals surface area contributed by atoms with Crippen molar-refractivity contribution in [1.82, 2.24) is 14.9 Å². The second kappa shape index (κ2) is 8.76. The van der Waals surface area contributed by atoms with Crippen LogP contribution >= 0.6 is 0 Å². The van der Waals surface area contributed by atoms with Gasteiger partial charge in [-0.2, -0.15) is 0 Å². The van der Waals surface area contributed by atoms with Gasteiger partial charge in [-0.15, -0.1) is 0 Å². The van der Waals surface area contributed by atoms with E-state index in [1.165, 1.54) is 18.5 Å². The molecule has 5 rings (SSSR count). The second-order valence-corrected chi connectivity index (χ2v) is 8.11. The number of carbonyl (C=O) groups is 1. The van der Waals surface area contributed by atoms with E-state index in [2.05, 4.69) is 44.0 Å². The van der Waals surface area contributed by atoms with Crippen molar-refractivity contribution in [2.24, 2.45) is 0 Å². The highest BCUT2D eigenvalue weighted by atomic mass is 16.2. The molecule has 0 bridgehead atoms. The topological polar surface area (TPSA) is 52.6 Å². The van der Waals surface area contributed by atoms with Crippen molar-refractivity contribution in [3.63, 3.8) is 0 Å². The molecule has 3 aromatic rings. The molecule has 0 unspecified atom stereocenters. The smallest absolute Gasteiger partial charge is 0.253 e. The van der Waals surface area contributed by atoms with Gasteiger partial charge < -0.3 is 14.7 Å². The summed E-state index contributed by atoms with van der Waals surface area (Å²) in [5.74, 6) is 1.04. The van der Waals surface area contributed by atoms with Crippen LogP contribution < -0.4 is 9.80 Å². The molecule has 2 aliphatic rings. The molecular weight excluding hydrogens is 386 g/mol. The Morgan fingerprint density at radius 2 is 1.39 bits per heavy atom. The number of piperazine rings is 1. The number of hydrogen-bond acceptors (Lipinski definition) is 5. The molecule has 6 nitrogen and oxygen atoms in total. The fourth-order valence-electron chi connectivity index (χ4n) is 4.45. The number of carbonyl (C=O) groups excluding carboxylic acids is 1. The molecule has 0 spiro atoms. The average molecular weight is 414 g/mol. The Morgan fingerprint density at radius 1 is 0.710 bits per heavy atom. The fraction of sp³-hybridized carbons (Fsp3) is 0.320. The number of nitrogens with zero attached hydrogens (tertiary/aromatic N) is 5. The van der Waals surface area contributed by atoms with E-state index in [0.717, 1.165) is 61.9 Å². The predicted octanol–water partition coefficient (Wildman–Crippen LogP) is 3.71. The number of hydrogen-bond donors (Lipinski definition) is 0. The predicted molar refractivity (Wildman–Crippen MR) is 123 cm³/mol. The van der Waals surface area contributed by atoms with E-state index >= 15 is 0 Å². The van der Waals surface area contributed by atoms with Gasteiger partial charge in [-0.05, 0) is 37.1 Å². The Hall–Kier alpha value is -3.41. The standard InChI is InChI=1S/C25H27N5O/c31-25(30-18-16-28(17-19-30)22-6-2-1-3-7-22)21-10-8-20(9-11-21)23-24(27-13-12-26-23)29-14-4-5-15-29/h1-3,6-13H,4-5,14-19H2. The van der Waals surface area contributed by atoms with Crippen LogP contribution in [0, 0.1) is 0 Å². The Kier molecular flexibility index (Phi) is 5.52. The van der Waals surface area contributed by atoms with Gasteiger partial charge in [-0.3, -0.25) is 9.78 Å². The van der Waals surface area contributed by atoms with Gasteiger partial charge in [0.1, 0.15) is 5.69 Å². The number of benzene rings is 2. The Bertz CT molecular complexity index is 1020. The molecule has 2 aromatic carbocycles. The van der Waals surface area contributed by atoms with E-state index in [9.17, 15) is 4.79 Å². The van der Waals surface area contributed by atoms with Crippen LogP contribution in [0.25, 0.3) is 11.3 Å². The number of para-hydroxylation sites is 1. The van der Waals surface area contributed by atoms with E-state index in [1.807, 2.05) is 35.2 Å². The SMILES string of the molecule is O=C(c1ccc(-c2nccnc2N2CCCC2)cc1)N1CCN(c2ccccc2)CC1. The fourth-order valence-corrected chi connectivity index (χ4v) is 4.45. The van der Waals surface area contributed by atoms with Crippen molar-refractivity contribution in [2.75, 3.05) is 49.1 Å². The molecule has 6 heteroatoms. The monoisotopic (exact) mass is 413 g/mol. The first-order chi connectivity index (χ1) is 15.3. The summed E-state index contributed by atoms with van der Waals surface area (Å²) in [6, 6.07) is 18.2. The minimum absolute atomic E-state index is 0.0955. The van der Waals surface area contributed by atoms with E-state index in [0.29, 0.717) is 0 Å². The molecule has 2 aliphatic heterocycles. The first-order valence-corrected chi connectivity index (χ1v) is 11.1. The van der Waals surface area contributed by atoms with Gasteiger partial charge in [0.25, 0.3) is 5.91 Å². The molecule has 0 aliphatic carbocycles. The van der Waals surface area contributed by atoms with Crippen LogP contribution in [0.4, 0.5) is 11.5 Å². The lowest BCUT2D eigenvalue weighted by atomic mass is 10.1.